The number of H-pyrrole nitrogens is 1. The summed E-state index contributed by atoms with van der Waals surface area (Å²) in [6, 6.07) is 0. The summed E-state index contributed by atoms with van der Waals surface area (Å²) >= 11 is 11.9. The summed E-state index contributed by atoms with van der Waals surface area (Å²) in [6.45, 7) is 3.25. The molecule has 25 heavy (non-hydrogen) atoms. The van der Waals surface area contributed by atoms with Gasteiger partial charge in [0, 0.05) is 5.10 Å². The van der Waals surface area contributed by atoms with E-state index in [4.69, 9.17) is 23.2 Å². The molecule has 146 valence electrons. The molecule has 3 nitrogen and oxygen atoms in total. The molecule has 1 heterocycles. The Morgan fingerprint density at radius 2 is 1.20 bits per heavy atom. The van der Waals surface area contributed by atoms with E-state index in [0.29, 0.717) is 11.8 Å². The molecule has 0 aliphatic rings. The van der Waals surface area contributed by atoms with Crippen LogP contribution in [0.15, 0.2) is 0 Å². The van der Waals surface area contributed by atoms with Gasteiger partial charge in [-0.25, -0.2) is 4.57 Å². The summed E-state index contributed by atoms with van der Waals surface area (Å²) in [4.78, 5) is 0. The average molecular weight is 391 g/mol. The van der Waals surface area contributed by atoms with E-state index >= 15 is 0 Å². The summed E-state index contributed by atoms with van der Waals surface area (Å²) in [5, 5.41) is 7.18. The highest BCUT2D eigenvalue weighted by Crippen LogP contribution is 2.13. The maximum atomic E-state index is 5.93. The second-order valence-electron chi connectivity index (χ2n) is 7.10. The summed E-state index contributed by atoms with van der Waals surface area (Å²) in [7, 11) is 0. The first-order chi connectivity index (χ1) is 12.3. The SMILES string of the molecule is CCCCCCCCCCCCCCCC[n+]1c(CCl)n[nH]c1CCl. The molecule has 0 bridgehead atoms. The molecule has 0 aliphatic heterocycles. The number of unbranched alkanes of at least 4 members (excludes halogenated alkanes) is 13. The first kappa shape index (κ1) is 22.8. The van der Waals surface area contributed by atoms with Gasteiger partial charge in [-0.2, -0.15) is 0 Å². The normalized spacial score (nSPS) is 11.3. The Balaban J connectivity index is 1.90. The van der Waals surface area contributed by atoms with Gasteiger partial charge in [0.05, 0.1) is 6.54 Å². The van der Waals surface area contributed by atoms with Gasteiger partial charge in [0.1, 0.15) is 11.8 Å². The quantitative estimate of drug-likeness (QED) is 0.180. The van der Waals surface area contributed by atoms with Crippen molar-refractivity contribution in [1.82, 2.24) is 10.2 Å². The Morgan fingerprint density at radius 1 is 0.720 bits per heavy atom. The zero-order valence-electron chi connectivity index (χ0n) is 16.2. The van der Waals surface area contributed by atoms with Crippen LogP contribution in [0.1, 0.15) is 108 Å². The molecule has 0 atom stereocenters. The predicted octanol–water partition coefficient (Wildman–Crippen LogP) is 6.66. The lowest BCUT2D eigenvalue weighted by atomic mass is 10.0. The summed E-state index contributed by atoms with van der Waals surface area (Å²) in [5.41, 5.74) is 0. The van der Waals surface area contributed by atoms with Gasteiger partial charge < -0.3 is 0 Å². The molecule has 1 rings (SSSR count). The lowest BCUT2D eigenvalue weighted by Gasteiger charge is -2.04. The van der Waals surface area contributed by atoms with Crippen LogP contribution >= 0.6 is 23.2 Å². The Hall–Kier alpha value is -0.280. The minimum atomic E-state index is 0.437. The highest BCUT2D eigenvalue weighted by Gasteiger charge is 2.17. The van der Waals surface area contributed by atoms with Crippen LogP contribution < -0.4 is 4.57 Å². The third-order valence-corrected chi connectivity index (χ3v) is 5.42. The van der Waals surface area contributed by atoms with Crippen molar-refractivity contribution in [2.75, 3.05) is 0 Å². The van der Waals surface area contributed by atoms with Gasteiger partial charge in [-0.3, -0.25) is 0 Å². The molecule has 0 aliphatic carbocycles. The van der Waals surface area contributed by atoms with Crippen LogP contribution in [0.2, 0.25) is 0 Å². The number of rotatable bonds is 17. The van der Waals surface area contributed by atoms with Gasteiger partial charge >= 0.3 is 0 Å². The van der Waals surface area contributed by atoms with Crippen molar-refractivity contribution in [3.8, 4) is 0 Å². The van der Waals surface area contributed by atoms with Crippen molar-refractivity contribution in [1.29, 1.82) is 0 Å². The molecule has 0 aromatic carbocycles. The largest absolute Gasteiger partial charge is 0.292 e. The molecule has 0 fully saturated rings. The molecule has 1 aromatic heterocycles. The Labute approximate surface area is 164 Å². The maximum absolute atomic E-state index is 5.93. The number of aromatic nitrogens is 3. The first-order valence-electron chi connectivity index (χ1n) is 10.4. The summed E-state index contributed by atoms with van der Waals surface area (Å²) in [5.74, 6) is 2.76. The maximum Gasteiger partial charge on any atom is 0.292 e. The van der Waals surface area contributed by atoms with Crippen molar-refractivity contribution in [2.24, 2.45) is 0 Å². The van der Waals surface area contributed by atoms with Gasteiger partial charge in [-0.1, -0.05) is 90.4 Å². The number of nitrogens with one attached hydrogen (secondary N) is 1. The number of nitrogens with zero attached hydrogens (tertiary/aromatic N) is 2. The average Bonchev–Trinajstić information content (AvgIpc) is 3.04. The number of aromatic amines is 1. The van der Waals surface area contributed by atoms with Gasteiger partial charge in [-0.05, 0) is 6.42 Å². The third kappa shape index (κ3) is 10.5. The lowest BCUT2D eigenvalue weighted by molar-refractivity contribution is -0.710. The molecule has 0 radical (unpaired) electrons. The van der Waals surface area contributed by atoms with E-state index in [1.54, 1.807) is 0 Å². The summed E-state index contributed by atoms with van der Waals surface area (Å²) in [6.07, 6.45) is 19.4. The third-order valence-electron chi connectivity index (χ3n) is 4.93. The van der Waals surface area contributed by atoms with Crippen LogP contribution in [0.3, 0.4) is 0 Å². The molecule has 0 saturated heterocycles. The second kappa shape index (κ2) is 15.9. The lowest BCUT2D eigenvalue weighted by Crippen LogP contribution is -2.39. The molecule has 1 aromatic rings. The van der Waals surface area contributed by atoms with Gasteiger partial charge in [0.15, 0.2) is 0 Å². The molecule has 0 unspecified atom stereocenters. The molecular formula is C20H38Cl2N3+. The van der Waals surface area contributed by atoms with Crippen LogP contribution in [0.5, 0.6) is 0 Å². The minimum absolute atomic E-state index is 0.437. The Kier molecular flexibility index (Phi) is 14.5. The molecule has 0 saturated carbocycles. The van der Waals surface area contributed by atoms with E-state index in [-0.39, 0.29) is 0 Å². The van der Waals surface area contributed by atoms with E-state index in [2.05, 4.69) is 21.7 Å². The van der Waals surface area contributed by atoms with Crippen LogP contribution in [0.25, 0.3) is 0 Å². The van der Waals surface area contributed by atoms with Gasteiger partial charge in [0.25, 0.3) is 5.82 Å². The number of halogens is 2. The van der Waals surface area contributed by atoms with E-state index in [1.165, 1.54) is 89.9 Å². The summed E-state index contributed by atoms with van der Waals surface area (Å²) < 4.78 is 2.14. The molecule has 5 heteroatoms. The molecule has 1 N–H and O–H groups in total. The zero-order valence-corrected chi connectivity index (χ0v) is 17.7. The fourth-order valence-corrected chi connectivity index (χ4v) is 3.75. The topological polar surface area (TPSA) is 32.6 Å². The Bertz CT molecular complexity index is 400. The van der Waals surface area contributed by atoms with Crippen molar-refractivity contribution >= 4 is 23.2 Å². The minimum Gasteiger partial charge on any atom is -0.230 e. The van der Waals surface area contributed by atoms with Crippen molar-refractivity contribution < 1.29 is 4.57 Å². The Morgan fingerprint density at radius 3 is 1.64 bits per heavy atom. The predicted molar refractivity (Wildman–Crippen MR) is 108 cm³/mol. The smallest absolute Gasteiger partial charge is 0.230 e. The van der Waals surface area contributed by atoms with Gasteiger partial charge in [-0.15, -0.1) is 28.3 Å². The fourth-order valence-electron chi connectivity index (χ4n) is 3.34. The highest BCUT2D eigenvalue weighted by atomic mass is 35.5. The number of hydrogen-bond acceptors (Lipinski definition) is 1. The van der Waals surface area contributed by atoms with Crippen molar-refractivity contribution in [3.63, 3.8) is 0 Å². The first-order valence-corrected chi connectivity index (χ1v) is 11.5. The second-order valence-corrected chi connectivity index (χ2v) is 7.64. The van der Waals surface area contributed by atoms with E-state index < -0.39 is 0 Å². The molecule has 0 amide bonds. The van der Waals surface area contributed by atoms with Gasteiger partial charge in [0.2, 0.25) is 5.82 Å². The van der Waals surface area contributed by atoms with E-state index in [9.17, 15) is 0 Å². The van der Waals surface area contributed by atoms with Crippen LogP contribution in [-0.4, -0.2) is 10.2 Å². The fraction of sp³-hybridized carbons (Fsp3) is 0.900. The van der Waals surface area contributed by atoms with Crippen molar-refractivity contribution in [3.05, 3.63) is 11.6 Å². The molecular weight excluding hydrogens is 353 g/mol. The van der Waals surface area contributed by atoms with E-state index in [0.717, 1.165) is 18.2 Å². The monoisotopic (exact) mass is 390 g/mol. The highest BCUT2D eigenvalue weighted by molar-refractivity contribution is 6.17. The van der Waals surface area contributed by atoms with Crippen LogP contribution in [0.4, 0.5) is 0 Å². The standard InChI is InChI=1S/C20H37Cl2N3/c1-2-3-4-5-6-7-8-9-10-11-12-13-14-15-16-25-19(17-21)23-24-20(25)18-22/h2-18H2,1H3/p+1. The van der Waals surface area contributed by atoms with Crippen molar-refractivity contribution in [2.45, 2.75) is 115 Å². The van der Waals surface area contributed by atoms with Crippen LogP contribution in [0, 0.1) is 0 Å². The van der Waals surface area contributed by atoms with E-state index in [1.807, 2.05) is 0 Å². The number of alkyl halides is 2. The van der Waals surface area contributed by atoms with Crippen LogP contribution in [-0.2, 0) is 18.3 Å². The zero-order chi connectivity index (χ0) is 18.2. The molecule has 0 spiro atoms. The number of hydrogen-bond donors (Lipinski definition) is 1.